The number of thiophene rings is 1. The summed E-state index contributed by atoms with van der Waals surface area (Å²) in [7, 11) is -3.17. The zero-order chi connectivity index (χ0) is 18.3. The van der Waals surface area contributed by atoms with Crippen LogP contribution in [-0.2, 0) is 21.1 Å². The van der Waals surface area contributed by atoms with Crippen LogP contribution in [0.3, 0.4) is 0 Å². The van der Waals surface area contributed by atoms with E-state index in [4.69, 9.17) is 11.6 Å². The average Bonchev–Trinajstić information content (AvgIpc) is 3.20. The number of rotatable bonds is 4. The maximum atomic E-state index is 12.9. The predicted molar refractivity (Wildman–Crippen MR) is 105 cm³/mol. The number of sulfone groups is 1. The normalized spacial score (nSPS) is 25.4. The molecule has 2 atom stereocenters. The van der Waals surface area contributed by atoms with Crippen LogP contribution in [0.5, 0.6) is 0 Å². The Kier molecular flexibility index (Phi) is 4.81. The molecule has 2 aliphatic rings. The molecule has 0 aliphatic carbocycles. The number of carbonyl (C=O) groups excluding carboxylic acids is 1. The maximum Gasteiger partial charge on any atom is 0.241 e. The highest BCUT2D eigenvalue weighted by atomic mass is 35.5. The highest BCUT2D eigenvalue weighted by Gasteiger charge is 2.49. The number of carbonyl (C=O) groups is 1. The molecule has 2 saturated heterocycles. The largest absolute Gasteiger partial charge is 0.306 e. The smallest absolute Gasteiger partial charge is 0.241 e. The van der Waals surface area contributed by atoms with Crippen molar-refractivity contribution < 1.29 is 13.2 Å². The summed E-state index contributed by atoms with van der Waals surface area (Å²) >= 11 is 7.63. The van der Waals surface area contributed by atoms with Gasteiger partial charge < -0.3 is 4.90 Å². The monoisotopic (exact) mass is 410 g/mol. The Hall–Kier alpha value is -1.41. The maximum absolute atomic E-state index is 12.9. The van der Waals surface area contributed by atoms with Crippen molar-refractivity contribution in [2.75, 3.05) is 29.5 Å². The van der Waals surface area contributed by atoms with E-state index in [1.807, 2.05) is 16.3 Å². The standard InChI is InChI=1S/C18H19ClN2O3S2/c19-13-3-5-14(6-4-13)21-17-12-26(23,24)11-16(17)20(10-18(21)22)8-7-15-2-1-9-25-15/h1-6,9,16-17H,7-8,10-12H2/t16-,17-/m1/s1. The first-order valence-corrected chi connectivity index (χ1v) is 11.6. The van der Waals surface area contributed by atoms with Crippen molar-refractivity contribution in [2.24, 2.45) is 0 Å². The third-order valence-electron chi connectivity index (χ3n) is 5.03. The molecule has 4 rings (SSSR count). The minimum absolute atomic E-state index is 0.0154. The fraction of sp³-hybridized carbons (Fsp3) is 0.389. The van der Waals surface area contributed by atoms with Crippen LogP contribution in [-0.4, -0.2) is 55.9 Å². The molecule has 2 aromatic rings. The Morgan fingerprint density at radius 1 is 1.12 bits per heavy atom. The van der Waals surface area contributed by atoms with Gasteiger partial charge in [-0.25, -0.2) is 8.42 Å². The van der Waals surface area contributed by atoms with Gasteiger partial charge in [-0.1, -0.05) is 17.7 Å². The first-order chi connectivity index (χ1) is 12.4. The third kappa shape index (κ3) is 3.53. The van der Waals surface area contributed by atoms with E-state index in [-0.39, 0.29) is 36.0 Å². The Morgan fingerprint density at radius 3 is 2.54 bits per heavy atom. The second-order valence-electron chi connectivity index (χ2n) is 6.75. The summed E-state index contributed by atoms with van der Waals surface area (Å²) in [6, 6.07) is 10.6. The van der Waals surface area contributed by atoms with Gasteiger partial charge in [-0.3, -0.25) is 9.69 Å². The van der Waals surface area contributed by atoms with E-state index in [2.05, 4.69) is 6.07 Å². The number of fused-ring (bicyclic) bond motifs is 1. The molecule has 0 saturated carbocycles. The second-order valence-corrected chi connectivity index (χ2v) is 10.4. The molecule has 1 aromatic heterocycles. The van der Waals surface area contributed by atoms with Crippen molar-refractivity contribution in [1.29, 1.82) is 0 Å². The molecule has 1 aromatic carbocycles. The summed E-state index contributed by atoms with van der Waals surface area (Å²) in [6.07, 6.45) is 0.829. The van der Waals surface area contributed by atoms with E-state index < -0.39 is 9.84 Å². The van der Waals surface area contributed by atoms with Gasteiger partial charge in [0.25, 0.3) is 0 Å². The molecule has 26 heavy (non-hydrogen) atoms. The first-order valence-electron chi connectivity index (χ1n) is 8.47. The second kappa shape index (κ2) is 6.96. The summed E-state index contributed by atoms with van der Waals surface area (Å²) in [4.78, 5) is 17.8. The number of halogens is 1. The van der Waals surface area contributed by atoms with Gasteiger partial charge in [0.1, 0.15) is 0 Å². The Balaban J connectivity index is 1.60. The fourth-order valence-corrected chi connectivity index (χ4v) is 6.65. The lowest BCUT2D eigenvalue weighted by atomic mass is 10.0. The van der Waals surface area contributed by atoms with E-state index in [0.29, 0.717) is 17.3 Å². The highest BCUT2D eigenvalue weighted by molar-refractivity contribution is 7.91. The van der Waals surface area contributed by atoms with Crippen molar-refractivity contribution >= 4 is 44.4 Å². The molecular weight excluding hydrogens is 392 g/mol. The Bertz CT molecular complexity index is 897. The molecule has 0 unspecified atom stereocenters. The summed E-state index contributed by atoms with van der Waals surface area (Å²) in [5, 5.41) is 2.62. The van der Waals surface area contributed by atoms with Crippen molar-refractivity contribution in [1.82, 2.24) is 4.90 Å². The van der Waals surface area contributed by atoms with Crippen LogP contribution in [0.1, 0.15) is 4.88 Å². The number of benzene rings is 1. The van der Waals surface area contributed by atoms with E-state index in [0.717, 1.165) is 6.42 Å². The van der Waals surface area contributed by atoms with Gasteiger partial charge in [0.05, 0.1) is 24.1 Å². The van der Waals surface area contributed by atoms with Gasteiger partial charge in [-0.15, -0.1) is 11.3 Å². The molecule has 3 heterocycles. The van der Waals surface area contributed by atoms with Gasteiger partial charge in [0.15, 0.2) is 9.84 Å². The van der Waals surface area contributed by atoms with Crippen molar-refractivity contribution in [3.63, 3.8) is 0 Å². The molecule has 138 valence electrons. The zero-order valence-electron chi connectivity index (χ0n) is 14.0. The number of nitrogens with zero attached hydrogens (tertiary/aromatic N) is 2. The molecular formula is C18H19ClN2O3S2. The van der Waals surface area contributed by atoms with Crippen LogP contribution in [0.4, 0.5) is 5.69 Å². The van der Waals surface area contributed by atoms with Crippen molar-refractivity contribution in [3.05, 3.63) is 51.7 Å². The lowest BCUT2D eigenvalue weighted by molar-refractivity contribution is -0.123. The van der Waals surface area contributed by atoms with E-state index >= 15 is 0 Å². The van der Waals surface area contributed by atoms with Gasteiger partial charge >= 0.3 is 0 Å². The topological polar surface area (TPSA) is 57.7 Å². The molecule has 8 heteroatoms. The van der Waals surface area contributed by atoms with Crippen LogP contribution >= 0.6 is 22.9 Å². The van der Waals surface area contributed by atoms with Gasteiger partial charge in [-0.2, -0.15) is 0 Å². The van der Waals surface area contributed by atoms with Gasteiger partial charge in [0, 0.05) is 28.2 Å². The minimum atomic E-state index is -3.17. The van der Waals surface area contributed by atoms with Gasteiger partial charge in [0.2, 0.25) is 5.91 Å². The van der Waals surface area contributed by atoms with Crippen molar-refractivity contribution in [3.8, 4) is 0 Å². The summed E-state index contributed by atoms with van der Waals surface area (Å²) < 4.78 is 24.7. The number of hydrogen-bond donors (Lipinski definition) is 0. The molecule has 5 nitrogen and oxygen atoms in total. The molecule has 2 aliphatic heterocycles. The highest BCUT2D eigenvalue weighted by Crippen LogP contribution is 2.32. The molecule has 0 bridgehead atoms. The Morgan fingerprint density at radius 2 is 1.85 bits per heavy atom. The number of anilines is 1. The lowest BCUT2D eigenvalue weighted by Gasteiger charge is -2.43. The molecule has 0 radical (unpaired) electrons. The molecule has 0 N–H and O–H groups in total. The minimum Gasteiger partial charge on any atom is -0.306 e. The third-order valence-corrected chi connectivity index (χ3v) is 7.92. The predicted octanol–water partition coefficient (Wildman–Crippen LogP) is 2.46. The molecule has 1 amide bonds. The van der Waals surface area contributed by atoms with Gasteiger partial charge in [-0.05, 0) is 42.1 Å². The van der Waals surface area contributed by atoms with Crippen LogP contribution < -0.4 is 4.90 Å². The summed E-state index contributed by atoms with van der Waals surface area (Å²) in [6.45, 7) is 0.933. The van der Waals surface area contributed by atoms with E-state index in [1.54, 1.807) is 40.5 Å². The van der Waals surface area contributed by atoms with Crippen molar-refractivity contribution in [2.45, 2.75) is 18.5 Å². The number of hydrogen-bond acceptors (Lipinski definition) is 5. The molecule has 0 spiro atoms. The Labute approximate surface area is 162 Å². The fourth-order valence-electron chi connectivity index (χ4n) is 3.85. The van der Waals surface area contributed by atoms with E-state index in [1.165, 1.54) is 4.88 Å². The quantitative estimate of drug-likeness (QED) is 0.776. The summed E-state index contributed by atoms with van der Waals surface area (Å²) in [5.74, 6) is 0.0675. The average molecular weight is 411 g/mol. The zero-order valence-corrected chi connectivity index (χ0v) is 16.4. The molecule has 2 fully saturated rings. The van der Waals surface area contributed by atoms with Crippen LogP contribution in [0.15, 0.2) is 41.8 Å². The van der Waals surface area contributed by atoms with Crippen LogP contribution in [0.2, 0.25) is 5.02 Å². The van der Waals surface area contributed by atoms with Crippen LogP contribution in [0.25, 0.3) is 0 Å². The lowest BCUT2D eigenvalue weighted by Crippen LogP contribution is -2.62. The first kappa shape index (κ1) is 18.0. The van der Waals surface area contributed by atoms with Crippen LogP contribution in [0, 0.1) is 0 Å². The number of piperazine rings is 1. The summed E-state index contributed by atoms with van der Waals surface area (Å²) in [5.41, 5.74) is 0.712. The number of amides is 1. The SMILES string of the molecule is O=C1CN(CCc2cccs2)[C@@H]2CS(=O)(=O)C[C@H]2N1c1ccc(Cl)cc1. The van der Waals surface area contributed by atoms with E-state index in [9.17, 15) is 13.2 Å².